The van der Waals surface area contributed by atoms with E-state index in [0.29, 0.717) is 0 Å². The molecule has 0 aliphatic heterocycles. The van der Waals surface area contributed by atoms with Crippen molar-refractivity contribution in [1.29, 1.82) is 0 Å². The Labute approximate surface area is 116 Å². The largest absolute Gasteiger partial charge is 0.385 e. The molecule has 0 aliphatic rings. The normalized spacial score (nSPS) is 10.1. The molecule has 0 saturated heterocycles. The Bertz CT molecular complexity index is 586. The Morgan fingerprint density at radius 2 is 2.15 bits per heavy atom. The summed E-state index contributed by atoms with van der Waals surface area (Å²) in [5.41, 5.74) is 1.11. The van der Waals surface area contributed by atoms with Crippen molar-refractivity contribution in [2.24, 2.45) is 0 Å². The molecule has 0 spiro atoms. The SMILES string of the molecule is CCCNc1ccnc(C(=O)Nc2ccc(F)cn2)c1. The van der Waals surface area contributed by atoms with Gasteiger partial charge in [0.25, 0.3) is 5.91 Å². The number of anilines is 2. The summed E-state index contributed by atoms with van der Waals surface area (Å²) in [5, 5.41) is 5.74. The number of amides is 1. The Hall–Kier alpha value is -2.50. The van der Waals surface area contributed by atoms with Crippen LogP contribution in [0.5, 0.6) is 0 Å². The Kier molecular flexibility index (Phi) is 4.60. The van der Waals surface area contributed by atoms with Gasteiger partial charge in [-0.15, -0.1) is 0 Å². The number of nitrogens with zero attached hydrogens (tertiary/aromatic N) is 2. The van der Waals surface area contributed by atoms with Crippen molar-refractivity contribution in [2.45, 2.75) is 13.3 Å². The predicted molar refractivity (Wildman–Crippen MR) is 75.2 cm³/mol. The van der Waals surface area contributed by atoms with Gasteiger partial charge < -0.3 is 10.6 Å². The van der Waals surface area contributed by atoms with Gasteiger partial charge in [-0.3, -0.25) is 9.78 Å². The summed E-state index contributed by atoms with van der Waals surface area (Å²) in [5.74, 6) is -0.554. The number of aromatic nitrogens is 2. The highest BCUT2D eigenvalue weighted by atomic mass is 19.1. The maximum atomic E-state index is 12.7. The number of rotatable bonds is 5. The predicted octanol–water partition coefficient (Wildman–Crippen LogP) is 2.69. The van der Waals surface area contributed by atoms with Crippen LogP contribution in [0.15, 0.2) is 36.7 Å². The fourth-order valence-corrected chi connectivity index (χ4v) is 1.56. The number of hydrogen-bond acceptors (Lipinski definition) is 4. The van der Waals surface area contributed by atoms with Crippen molar-refractivity contribution >= 4 is 17.4 Å². The molecule has 0 atom stereocenters. The number of halogens is 1. The molecule has 20 heavy (non-hydrogen) atoms. The zero-order valence-electron chi connectivity index (χ0n) is 11.1. The molecule has 0 aliphatic carbocycles. The van der Waals surface area contributed by atoms with Crippen LogP contribution in [0.1, 0.15) is 23.8 Å². The summed E-state index contributed by atoms with van der Waals surface area (Å²) in [6.07, 6.45) is 3.59. The van der Waals surface area contributed by atoms with E-state index in [2.05, 4.69) is 27.5 Å². The fourth-order valence-electron chi connectivity index (χ4n) is 1.56. The molecule has 0 aromatic carbocycles. The Morgan fingerprint density at radius 1 is 1.30 bits per heavy atom. The van der Waals surface area contributed by atoms with Gasteiger partial charge in [-0.05, 0) is 30.7 Å². The minimum atomic E-state index is -0.452. The van der Waals surface area contributed by atoms with Crippen LogP contribution in [0.3, 0.4) is 0 Å². The van der Waals surface area contributed by atoms with Crippen LogP contribution in [-0.4, -0.2) is 22.4 Å². The number of carbonyl (C=O) groups excluding carboxylic acids is 1. The van der Waals surface area contributed by atoms with Crippen molar-refractivity contribution in [3.8, 4) is 0 Å². The third kappa shape index (κ3) is 3.74. The van der Waals surface area contributed by atoms with Gasteiger partial charge >= 0.3 is 0 Å². The van der Waals surface area contributed by atoms with Gasteiger partial charge in [0.2, 0.25) is 0 Å². The van der Waals surface area contributed by atoms with Gasteiger partial charge in [0.1, 0.15) is 17.3 Å². The van der Waals surface area contributed by atoms with Gasteiger partial charge in [0, 0.05) is 18.4 Å². The average Bonchev–Trinajstić information content (AvgIpc) is 2.48. The Balaban J connectivity index is 2.06. The standard InChI is InChI=1S/C14H15FN4O/c1-2-6-16-11-5-7-17-12(8-11)14(20)19-13-4-3-10(15)9-18-13/h3-5,7-9H,2,6H2,1H3,(H,16,17)(H,18,19,20). The molecule has 0 saturated carbocycles. The van der Waals surface area contributed by atoms with Crippen molar-refractivity contribution in [2.75, 3.05) is 17.2 Å². The lowest BCUT2D eigenvalue weighted by atomic mass is 10.3. The first kappa shape index (κ1) is 13.9. The zero-order valence-corrected chi connectivity index (χ0v) is 11.1. The minimum absolute atomic E-state index is 0.275. The summed E-state index contributed by atoms with van der Waals surface area (Å²) < 4.78 is 12.7. The monoisotopic (exact) mass is 274 g/mol. The van der Waals surface area contributed by atoms with E-state index < -0.39 is 5.82 Å². The van der Waals surface area contributed by atoms with E-state index in [9.17, 15) is 9.18 Å². The van der Waals surface area contributed by atoms with Crippen LogP contribution in [0.2, 0.25) is 0 Å². The lowest BCUT2D eigenvalue weighted by Gasteiger charge is -2.07. The molecule has 2 rings (SSSR count). The van der Waals surface area contributed by atoms with E-state index >= 15 is 0 Å². The molecule has 0 unspecified atom stereocenters. The summed E-state index contributed by atoms with van der Waals surface area (Å²) in [4.78, 5) is 19.8. The molecule has 0 bridgehead atoms. The molecular weight excluding hydrogens is 259 g/mol. The first-order chi connectivity index (χ1) is 9.69. The minimum Gasteiger partial charge on any atom is -0.385 e. The van der Waals surface area contributed by atoms with Crippen molar-refractivity contribution in [1.82, 2.24) is 9.97 Å². The van der Waals surface area contributed by atoms with Crippen LogP contribution in [0, 0.1) is 5.82 Å². The van der Waals surface area contributed by atoms with E-state index in [1.807, 2.05) is 0 Å². The summed E-state index contributed by atoms with van der Waals surface area (Å²) in [6.45, 7) is 2.88. The molecule has 1 amide bonds. The molecule has 0 radical (unpaired) electrons. The summed E-state index contributed by atoms with van der Waals surface area (Å²) in [7, 11) is 0. The maximum absolute atomic E-state index is 12.7. The van der Waals surface area contributed by atoms with Gasteiger partial charge in [0.15, 0.2) is 0 Å². The molecule has 104 valence electrons. The maximum Gasteiger partial charge on any atom is 0.275 e. The molecule has 5 nitrogen and oxygen atoms in total. The van der Waals surface area contributed by atoms with Gasteiger partial charge in [-0.25, -0.2) is 9.37 Å². The highest BCUT2D eigenvalue weighted by Gasteiger charge is 2.09. The lowest BCUT2D eigenvalue weighted by Crippen LogP contribution is -2.15. The van der Waals surface area contributed by atoms with Crippen LogP contribution < -0.4 is 10.6 Å². The number of hydrogen-bond donors (Lipinski definition) is 2. The van der Waals surface area contributed by atoms with Crippen LogP contribution in [0.4, 0.5) is 15.9 Å². The van der Waals surface area contributed by atoms with Crippen LogP contribution in [0.25, 0.3) is 0 Å². The number of carbonyl (C=O) groups is 1. The Morgan fingerprint density at radius 3 is 2.85 bits per heavy atom. The highest BCUT2D eigenvalue weighted by molar-refractivity contribution is 6.02. The van der Waals surface area contributed by atoms with Crippen LogP contribution >= 0.6 is 0 Å². The highest BCUT2D eigenvalue weighted by Crippen LogP contribution is 2.10. The topological polar surface area (TPSA) is 66.9 Å². The van der Waals surface area contributed by atoms with E-state index in [1.165, 1.54) is 12.1 Å². The van der Waals surface area contributed by atoms with Gasteiger partial charge in [0.05, 0.1) is 6.20 Å². The molecule has 2 heterocycles. The lowest BCUT2D eigenvalue weighted by molar-refractivity contribution is 0.102. The van der Waals surface area contributed by atoms with E-state index in [-0.39, 0.29) is 17.4 Å². The van der Waals surface area contributed by atoms with Gasteiger partial charge in [-0.1, -0.05) is 6.92 Å². The van der Waals surface area contributed by atoms with E-state index in [1.54, 1.807) is 18.3 Å². The quantitative estimate of drug-likeness (QED) is 0.879. The summed E-state index contributed by atoms with van der Waals surface area (Å²) >= 11 is 0. The van der Waals surface area contributed by atoms with Gasteiger partial charge in [-0.2, -0.15) is 0 Å². The summed E-state index contributed by atoms with van der Waals surface area (Å²) in [6, 6.07) is 6.08. The molecular formula is C14H15FN4O. The number of pyridine rings is 2. The molecule has 6 heteroatoms. The second-order valence-corrected chi connectivity index (χ2v) is 4.17. The third-order valence-corrected chi connectivity index (χ3v) is 2.54. The molecule has 2 N–H and O–H groups in total. The fraction of sp³-hybridized carbons (Fsp3) is 0.214. The molecule has 2 aromatic rings. The first-order valence-corrected chi connectivity index (χ1v) is 6.32. The zero-order chi connectivity index (χ0) is 14.4. The van der Waals surface area contributed by atoms with Crippen molar-refractivity contribution in [3.63, 3.8) is 0 Å². The molecule has 0 fully saturated rings. The smallest absolute Gasteiger partial charge is 0.275 e. The second kappa shape index (κ2) is 6.60. The average molecular weight is 274 g/mol. The molecule has 2 aromatic heterocycles. The van der Waals surface area contributed by atoms with Crippen molar-refractivity contribution in [3.05, 3.63) is 48.2 Å². The van der Waals surface area contributed by atoms with Crippen molar-refractivity contribution < 1.29 is 9.18 Å². The van der Waals surface area contributed by atoms with E-state index in [4.69, 9.17) is 0 Å². The van der Waals surface area contributed by atoms with E-state index in [0.717, 1.165) is 24.8 Å². The second-order valence-electron chi connectivity index (χ2n) is 4.17. The number of nitrogens with one attached hydrogen (secondary N) is 2. The first-order valence-electron chi connectivity index (χ1n) is 6.32. The third-order valence-electron chi connectivity index (χ3n) is 2.54. The van der Waals surface area contributed by atoms with Crippen LogP contribution in [-0.2, 0) is 0 Å².